The van der Waals surface area contributed by atoms with Gasteiger partial charge in [0, 0.05) is 17.8 Å². The highest BCUT2D eigenvalue weighted by Crippen LogP contribution is 2.18. The Kier molecular flexibility index (Phi) is 7.60. The van der Waals surface area contributed by atoms with Crippen molar-refractivity contribution in [1.82, 2.24) is 10.0 Å². The first-order chi connectivity index (χ1) is 8.53. The third kappa shape index (κ3) is 8.34. The molecular weight excluding hydrogens is 268 g/mol. The van der Waals surface area contributed by atoms with Gasteiger partial charge >= 0.3 is 0 Å². The van der Waals surface area contributed by atoms with E-state index in [1.165, 1.54) is 12.8 Å². The number of thioether (sulfide) groups is 1. The van der Waals surface area contributed by atoms with Crippen molar-refractivity contribution in [3.05, 3.63) is 0 Å². The fraction of sp³-hybridized carbons (Fsp3) is 1.00. The van der Waals surface area contributed by atoms with Crippen LogP contribution in [0.1, 0.15) is 39.5 Å². The minimum Gasteiger partial charge on any atom is -0.314 e. The summed E-state index contributed by atoms with van der Waals surface area (Å²) in [5.74, 6) is 2.12. The van der Waals surface area contributed by atoms with Gasteiger partial charge in [0.05, 0.1) is 5.75 Å². The Morgan fingerprint density at radius 1 is 1.33 bits per heavy atom. The highest BCUT2D eigenvalue weighted by atomic mass is 32.2. The molecule has 4 nitrogen and oxygen atoms in total. The summed E-state index contributed by atoms with van der Waals surface area (Å²) in [5, 5.41) is 3.39. The SMILES string of the molecule is CCSCC(C)NS(=O)(=O)CCCCNC1CC1. The molecule has 18 heavy (non-hydrogen) atoms. The van der Waals surface area contributed by atoms with E-state index in [4.69, 9.17) is 0 Å². The summed E-state index contributed by atoms with van der Waals surface area (Å²) >= 11 is 1.76. The van der Waals surface area contributed by atoms with Crippen LogP contribution in [-0.2, 0) is 10.0 Å². The summed E-state index contributed by atoms with van der Waals surface area (Å²) < 4.78 is 26.3. The smallest absolute Gasteiger partial charge is 0.211 e. The number of nitrogens with one attached hydrogen (secondary N) is 2. The van der Waals surface area contributed by atoms with Gasteiger partial charge in [-0.2, -0.15) is 11.8 Å². The molecule has 0 spiro atoms. The summed E-state index contributed by atoms with van der Waals surface area (Å²) in [5.41, 5.74) is 0. The number of sulfonamides is 1. The average Bonchev–Trinajstić information content (AvgIpc) is 3.09. The number of hydrogen-bond acceptors (Lipinski definition) is 4. The highest BCUT2D eigenvalue weighted by molar-refractivity contribution is 7.99. The fourth-order valence-electron chi connectivity index (χ4n) is 1.70. The lowest BCUT2D eigenvalue weighted by Gasteiger charge is -2.13. The molecule has 1 fully saturated rings. The lowest BCUT2D eigenvalue weighted by molar-refractivity contribution is 0.563. The standard InChI is InChI=1S/C12H26N2O2S2/c1-3-17-10-11(2)14-18(15,16)9-5-4-8-13-12-6-7-12/h11-14H,3-10H2,1-2H3. The molecule has 0 aromatic rings. The maximum Gasteiger partial charge on any atom is 0.211 e. The maximum atomic E-state index is 11.8. The van der Waals surface area contributed by atoms with Gasteiger partial charge in [-0.3, -0.25) is 0 Å². The van der Waals surface area contributed by atoms with Crippen LogP contribution in [0.15, 0.2) is 0 Å². The number of unbranched alkanes of at least 4 members (excludes halogenated alkanes) is 1. The van der Waals surface area contributed by atoms with Crippen molar-refractivity contribution < 1.29 is 8.42 Å². The molecule has 0 aromatic heterocycles. The van der Waals surface area contributed by atoms with Crippen molar-refractivity contribution in [2.45, 2.75) is 51.6 Å². The molecule has 0 heterocycles. The maximum absolute atomic E-state index is 11.8. The Bertz CT molecular complexity index is 316. The topological polar surface area (TPSA) is 58.2 Å². The average molecular weight is 294 g/mol. The first-order valence-corrected chi connectivity index (χ1v) is 9.65. The quantitative estimate of drug-likeness (QED) is 0.568. The van der Waals surface area contributed by atoms with E-state index in [0.717, 1.165) is 30.9 Å². The zero-order valence-corrected chi connectivity index (χ0v) is 13.1. The van der Waals surface area contributed by atoms with Crippen molar-refractivity contribution in [2.75, 3.05) is 23.8 Å². The first-order valence-electron chi connectivity index (χ1n) is 6.84. The molecule has 0 aliphatic heterocycles. The van der Waals surface area contributed by atoms with Gasteiger partial charge in [0.1, 0.15) is 0 Å². The van der Waals surface area contributed by atoms with E-state index in [0.29, 0.717) is 6.04 Å². The Hall–Kier alpha value is 0.220. The van der Waals surface area contributed by atoms with Crippen LogP contribution in [0.3, 0.4) is 0 Å². The van der Waals surface area contributed by atoms with Crippen LogP contribution in [0.5, 0.6) is 0 Å². The summed E-state index contributed by atoms with van der Waals surface area (Å²) in [6.07, 6.45) is 4.25. The van der Waals surface area contributed by atoms with Crippen LogP contribution in [-0.4, -0.2) is 44.3 Å². The van der Waals surface area contributed by atoms with Gasteiger partial charge in [0.2, 0.25) is 10.0 Å². The Morgan fingerprint density at radius 3 is 2.67 bits per heavy atom. The van der Waals surface area contributed by atoms with Crippen LogP contribution in [0, 0.1) is 0 Å². The zero-order chi connectivity index (χ0) is 13.4. The van der Waals surface area contributed by atoms with Crippen molar-refractivity contribution in [3.8, 4) is 0 Å². The van der Waals surface area contributed by atoms with Crippen LogP contribution in [0.4, 0.5) is 0 Å². The third-order valence-corrected chi connectivity index (χ3v) is 5.53. The fourth-order valence-corrected chi connectivity index (χ4v) is 3.88. The summed E-state index contributed by atoms with van der Waals surface area (Å²) in [4.78, 5) is 0. The third-order valence-electron chi connectivity index (χ3n) is 2.80. The van der Waals surface area contributed by atoms with Crippen molar-refractivity contribution in [1.29, 1.82) is 0 Å². The van der Waals surface area contributed by atoms with Gasteiger partial charge in [-0.05, 0) is 44.9 Å². The molecule has 6 heteroatoms. The van der Waals surface area contributed by atoms with E-state index < -0.39 is 10.0 Å². The van der Waals surface area contributed by atoms with Crippen LogP contribution >= 0.6 is 11.8 Å². The molecule has 1 saturated carbocycles. The van der Waals surface area contributed by atoms with E-state index in [-0.39, 0.29) is 11.8 Å². The summed E-state index contributed by atoms with van der Waals surface area (Å²) in [6, 6.07) is 0.746. The minimum atomic E-state index is -3.09. The number of hydrogen-bond donors (Lipinski definition) is 2. The second kappa shape index (κ2) is 8.40. The van der Waals surface area contributed by atoms with E-state index in [1.54, 1.807) is 11.8 Å². The van der Waals surface area contributed by atoms with Crippen molar-refractivity contribution in [3.63, 3.8) is 0 Å². The Balaban J connectivity index is 2.05. The lowest BCUT2D eigenvalue weighted by Crippen LogP contribution is -2.36. The second-order valence-corrected chi connectivity index (χ2v) is 8.13. The van der Waals surface area contributed by atoms with Gasteiger partial charge in [0.15, 0.2) is 0 Å². The van der Waals surface area contributed by atoms with E-state index in [2.05, 4.69) is 17.0 Å². The predicted molar refractivity (Wildman–Crippen MR) is 79.6 cm³/mol. The summed E-state index contributed by atoms with van der Waals surface area (Å²) in [7, 11) is -3.09. The van der Waals surface area contributed by atoms with E-state index >= 15 is 0 Å². The van der Waals surface area contributed by atoms with Gasteiger partial charge in [-0.15, -0.1) is 0 Å². The summed E-state index contributed by atoms with van der Waals surface area (Å²) in [6.45, 7) is 4.95. The molecule has 1 atom stereocenters. The predicted octanol–water partition coefficient (Wildman–Crippen LogP) is 1.58. The molecule has 0 aromatic carbocycles. The zero-order valence-electron chi connectivity index (χ0n) is 11.4. The van der Waals surface area contributed by atoms with Crippen LogP contribution in [0.25, 0.3) is 0 Å². The van der Waals surface area contributed by atoms with E-state index in [1.807, 2.05) is 6.92 Å². The normalized spacial score (nSPS) is 17.9. The highest BCUT2D eigenvalue weighted by Gasteiger charge is 2.19. The van der Waals surface area contributed by atoms with Crippen LogP contribution in [0.2, 0.25) is 0 Å². The van der Waals surface area contributed by atoms with Gasteiger partial charge in [-0.25, -0.2) is 13.1 Å². The van der Waals surface area contributed by atoms with Crippen molar-refractivity contribution >= 4 is 21.8 Å². The molecule has 0 bridgehead atoms. The second-order valence-electron chi connectivity index (χ2n) is 4.93. The van der Waals surface area contributed by atoms with Gasteiger partial charge in [-0.1, -0.05) is 6.92 Å². The molecule has 0 radical (unpaired) electrons. The molecular formula is C12H26N2O2S2. The van der Waals surface area contributed by atoms with Crippen molar-refractivity contribution in [2.24, 2.45) is 0 Å². The molecule has 108 valence electrons. The number of rotatable bonds is 11. The van der Waals surface area contributed by atoms with E-state index in [9.17, 15) is 8.42 Å². The van der Waals surface area contributed by atoms with Crippen LogP contribution < -0.4 is 10.0 Å². The molecule has 1 aliphatic rings. The lowest BCUT2D eigenvalue weighted by atomic mass is 10.3. The van der Waals surface area contributed by atoms with Gasteiger partial charge in [0.25, 0.3) is 0 Å². The molecule has 0 amide bonds. The monoisotopic (exact) mass is 294 g/mol. The molecule has 0 saturated heterocycles. The first kappa shape index (κ1) is 16.3. The molecule has 2 N–H and O–H groups in total. The van der Waals surface area contributed by atoms with Gasteiger partial charge < -0.3 is 5.32 Å². The largest absolute Gasteiger partial charge is 0.314 e. The Morgan fingerprint density at radius 2 is 2.06 bits per heavy atom. The molecule has 1 rings (SSSR count). The molecule has 1 aliphatic carbocycles. The minimum absolute atomic E-state index is 0.0320. The Labute approximate surface area is 116 Å². The molecule has 1 unspecified atom stereocenters.